The molecule has 5 aromatic rings. The summed E-state index contributed by atoms with van der Waals surface area (Å²) in [6.07, 6.45) is 10.9. The Morgan fingerprint density at radius 1 is 0.653 bits per heavy atom. The number of hydrogen-bond donors (Lipinski definition) is 1. The van der Waals surface area contributed by atoms with Crippen LogP contribution < -0.4 is 18.1 Å². The van der Waals surface area contributed by atoms with Gasteiger partial charge in [0, 0.05) is 12.2 Å². The molecule has 0 aliphatic rings. The zero-order valence-corrected chi connectivity index (χ0v) is 29.8. The van der Waals surface area contributed by atoms with Crippen molar-refractivity contribution in [2.45, 2.75) is 20.3 Å². The summed E-state index contributed by atoms with van der Waals surface area (Å²) in [5.41, 5.74) is 2.00. The van der Waals surface area contributed by atoms with Crippen molar-refractivity contribution < 1.29 is 27.8 Å². The van der Waals surface area contributed by atoms with Crippen molar-refractivity contribution in [2.75, 3.05) is 6.66 Å². The van der Waals surface area contributed by atoms with E-state index in [1.165, 1.54) is 0 Å². The van der Waals surface area contributed by atoms with Crippen molar-refractivity contribution in [2.24, 2.45) is 0 Å². The molecule has 0 aromatic heterocycles. The Hall–Kier alpha value is -4.99. The fourth-order valence-electron chi connectivity index (χ4n) is 3.98. The first kappa shape index (κ1) is 38.5. The fourth-order valence-corrected chi connectivity index (χ4v) is 5.42. The average molecular weight is 693 g/mol. The maximum atomic E-state index is 13.2. The van der Waals surface area contributed by atoms with E-state index >= 15 is 0 Å². The number of benzene rings is 5. The first-order chi connectivity index (χ1) is 23.9. The van der Waals surface area contributed by atoms with Gasteiger partial charge in [-0.15, -0.1) is 6.58 Å². The minimum absolute atomic E-state index is 0.108. The van der Waals surface area contributed by atoms with Crippen molar-refractivity contribution in [1.82, 2.24) is 0 Å². The lowest BCUT2D eigenvalue weighted by atomic mass is 9.99. The lowest BCUT2D eigenvalue weighted by Gasteiger charge is -2.19. The molecule has 0 amide bonds. The standard InChI is InChI=1S/C26H21O4P.C8H12.C7H9O2P/c1-20-12-8-9-17-23(20)26(27)24-18-10-11-19-25(24)30-31(28-21-13-4-2-5-14-21)29-22-15-6-3-7-16-22;1-3-5-7-8-6-4-2;1-10(8)9-7-5-3-2-4-6-7/h2-19H,1H3;3-4,6-8H,1,5H2,2H3;2-6,8H,1H3/b;6-4-,8-7-;. The number of para-hydroxylation sites is 4. The molecule has 252 valence electrons. The molecule has 0 saturated carbocycles. The molecule has 5 rings (SSSR count). The molecule has 0 fully saturated rings. The number of carbonyl (C=O) groups excluding carboxylic acids is 1. The smallest absolute Gasteiger partial charge is 0.448 e. The molecule has 1 atom stereocenters. The summed E-state index contributed by atoms with van der Waals surface area (Å²) in [7, 11) is -3.14. The predicted octanol–water partition coefficient (Wildman–Crippen LogP) is 11.7. The van der Waals surface area contributed by atoms with Gasteiger partial charge in [0.2, 0.25) is 8.38 Å². The van der Waals surface area contributed by atoms with E-state index in [2.05, 4.69) is 12.7 Å². The molecular formula is C41H42O6P2. The molecule has 0 heterocycles. The van der Waals surface area contributed by atoms with Crippen LogP contribution in [0.15, 0.2) is 176 Å². The van der Waals surface area contributed by atoms with E-state index in [1.807, 2.05) is 166 Å². The maximum absolute atomic E-state index is 13.2. The minimum atomic E-state index is -1.86. The van der Waals surface area contributed by atoms with Crippen LogP contribution in [0, 0.1) is 6.92 Å². The number of carbonyl (C=O) groups is 1. The largest absolute Gasteiger partial charge is 0.530 e. The van der Waals surface area contributed by atoms with Crippen molar-refractivity contribution in [3.8, 4) is 23.0 Å². The molecule has 8 heteroatoms. The quantitative estimate of drug-likeness (QED) is 0.0573. The first-order valence-corrected chi connectivity index (χ1v) is 18.3. The van der Waals surface area contributed by atoms with Gasteiger partial charge in [-0.1, -0.05) is 121 Å². The zero-order chi connectivity index (χ0) is 35.1. The Balaban J connectivity index is 0.000000295. The number of ketones is 1. The molecule has 0 aliphatic heterocycles. The van der Waals surface area contributed by atoms with Crippen LogP contribution in [0.25, 0.3) is 0 Å². The molecule has 6 nitrogen and oxygen atoms in total. The monoisotopic (exact) mass is 692 g/mol. The highest BCUT2D eigenvalue weighted by Gasteiger charge is 2.24. The van der Waals surface area contributed by atoms with E-state index in [-0.39, 0.29) is 5.78 Å². The van der Waals surface area contributed by atoms with Crippen molar-refractivity contribution >= 4 is 22.8 Å². The summed E-state index contributed by atoms with van der Waals surface area (Å²) in [6.45, 7) is 9.14. The average Bonchev–Trinajstić information content (AvgIpc) is 3.12. The van der Waals surface area contributed by atoms with E-state index < -0.39 is 17.0 Å². The number of aryl methyl sites for hydroxylation is 1. The number of rotatable bonds is 13. The van der Waals surface area contributed by atoms with Crippen LogP contribution in [0.5, 0.6) is 23.0 Å². The summed E-state index contributed by atoms with van der Waals surface area (Å²) in [5.74, 6) is 2.26. The fraction of sp³-hybridized carbons (Fsp3) is 0.0976. The highest BCUT2D eigenvalue weighted by molar-refractivity contribution is 7.45. The van der Waals surface area contributed by atoms with E-state index in [0.717, 1.165) is 17.7 Å². The molecule has 0 saturated heterocycles. The second-order valence-electron chi connectivity index (χ2n) is 10.1. The Morgan fingerprint density at radius 3 is 1.61 bits per heavy atom. The van der Waals surface area contributed by atoms with Crippen molar-refractivity contribution in [3.05, 3.63) is 193 Å². The molecule has 0 radical (unpaired) electrons. The summed E-state index contributed by atoms with van der Waals surface area (Å²) >= 11 is 0. The van der Waals surface area contributed by atoms with Gasteiger partial charge >= 0.3 is 8.60 Å². The third-order valence-electron chi connectivity index (χ3n) is 6.26. The van der Waals surface area contributed by atoms with Crippen LogP contribution in [0.4, 0.5) is 0 Å². The van der Waals surface area contributed by atoms with Gasteiger partial charge < -0.3 is 23.0 Å². The first-order valence-electron chi connectivity index (χ1n) is 15.6. The van der Waals surface area contributed by atoms with Crippen LogP contribution in [-0.2, 0) is 0 Å². The topological polar surface area (TPSA) is 74.2 Å². The highest BCUT2D eigenvalue weighted by atomic mass is 31.2. The molecule has 0 spiro atoms. The molecule has 0 bridgehead atoms. The molecule has 0 aliphatic carbocycles. The van der Waals surface area contributed by atoms with Gasteiger partial charge in [0.15, 0.2) is 5.78 Å². The molecule has 49 heavy (non-hydrogen) atoms. The zero-order valence-electron chi connectivity index (χ0n) is 28.0. The van der Waals surface area contributed by atoms with Gasteiger partial charge in [-0.05, 0) is 74.4 Å². The van der Waals surface area contributed by atoms with Gasteiger partial charge in [0.05, 0.1) is 5.56 Å². The van der Waals surface area contributed by atoms with Crippen LogP contribution in [0.2, 0.25) is 0 Å². The van der Waals surface area contributed by atoms with E-state index in [1.54, 1.807) is 18.8 Å². The van der Waals surface area contributed by atoms with E-state index in [4.69, 9.17) is 23.0 Å². The predicted molar refractivity (Wildman–Crippen MR) is 204 cm³/mol. The van der Waals surface area contributed by atoms with Gasteiger partial charge in [-0.2, -0.15) is 0 Å². The normalized spacial score (nSPS) is 11.0. The Kier molecular flexibility index (Phi) is 17.7. The van der Waals surface area contributed by atoms with Crippen LogP contribution in [0.3, 0.4) is 0 Å². The van der Waals surface area contributed by atoms with E-state index in [0.29, 0.717) is 28.4 Å². The number of allylic oxidation sites excluding steroid dienone is 5. The van der Waals surface area contributed by atoms with Crippen molar-refractivity contribution in [1.29, 1.82) is 0 Å². The second-order valence-corrected chi connectivity index (χ2v) is 12.2. The van der Waals surface area contributed by atoms with Crippen LogP contribution in [-0.4, -0.2) is 17.3 Å². The second kappa shape index (κ2) is 22.6. The summed E-state index contributed by atoms with van der Waals surface area (Å²) in [5, 5.41) is 0. The van der Waals surface area contributed by atoms with Gasteiger partial charge in [0.25, 0.3) is 0 Å². The summed E-state index contributed by atoms with van der Waals surface area (Å²) in [6, 6.07) is 42.6. The summed E-state index contributed by atoms with van der Waals surface area (Å²) in [4.78, 5) is 22.1. The van der Waals surface area contributed by atoms with Crippen LogP contribution in [0.1, 0.15) is 34.8 Å². The maximum Gasteiger partial charge on any atom is 0.530 e. The lowest BCUT2D eigenvalue weighted by Crippen LogP contribution is -2.08. The van der Waals surface area contributed by atoms with Crippen molar-refractivity contribution in [3.63, 3.8) is 0 Å². The molecule has 1 unspecified atom stereocenters. The van der Waals surface area contributed by atoms with Gasteiger partial charge in [0.1, 0.15) is 23.0 Å². The molecule has 5 aromatic carbocycles. The van der Waals surface area contributed by atoms with E-state index in [9.17, 15) is 4.79 Å². The van der Waals surface area contributed by atoms with Crippen LogP contribution >= 0.6 is 17.0 Å². The minimum Gasteiger partial charge on any atom is -0.448 e. The Morgan fingerprint density at radius 2 is 1.12 bits per heavy atom. The van der Waals surface area contributed by atoms with Gasteiger partial charge in [-0.3, -0.25) is 4.79 Å². The Labute approximate surface area is 292 Å². The highest BCUT2D eigenvalue weighted by Crippen LogP contribution is 2.43. The molecular weight excluding hydrogens is 650 g/mol. The lowest BCUT2D eigenvalue weighted by molar-refractivity contribution is 0.103. The number of hydrogen-bond acceptors (Lipinski definition) is 6. The third kappa shape index (κ3) is 14.8. The SMILES string of the molecule is C=CC/C=C\C=C/C.CP(O)Oc1ccccc1.Cc1ccccc1C(=O)c1ccccc1OP(Oc1ccccc1)Oc1ccccc1. The summed E-state index contributed by atoms with van der Waals surface area (Å²) < 4.78 is 23.2. The molecule has 1 N–H and O–H groups in total. The van der Waals surface area contributed by atoms with Gasteiger partial charge in [-0.25, -0.2) is 0 Å². The Bertz CT molecular complexity index is 1680. The third-order valence-corrected chi connectivity index (χ3v) is 7.80.